The van der Waals surface area contributed by atoms with Crippen molar-refractivity contribution in [2.75, 3.05) is 9.44 Å². The highest BCUT2D eigenvalue weighted by Gasteiger charge is 2.19. The summed E-state index contributed by atoms with van der Waals surface area (Å²) in [6, 6.07) is 28.1. The van der Waals surface area contributed by atoms with Gasteiger partial charge in [-0.15, -0.1) is 0 Å². The highest BCUT2D eigenvalue weighted by molar-refractivity contribution is 7.93. The molecule has 12 heteroatoms. The minimum atomic E-state index is -3.63. The average molecular weight is 603 g/mol. The second-order valence-electron chi connectivity index (χ2n) is 9.81. The number of anilines is 2. The van der Waals surface area contributed by atoms with Crippen molar-refractivity contribution in [3.05, 3.63) is 108 Å². The fourth-order valence-corrected chi connectivity index (χ4v) is 6.45. The van der Waals surface area contributed by atoms with Crippen LogP contribution in [-0.2, 0) is 34.1 Å². The van der Waals surface area contributed by atoms with Crippen LogP contribution in [0.25, 0.3) is 22.1 Å². The predicted octanol–water partition coefficient (Wildman–Crippen LogP) is 5.37. The van der Waals surface area contributed by atoms with Crippen LogP contribution >= 0.6 is 0 Å². The number of hydrogen-bond donors (Lipinski definition) is 2. The maximum atomic E-state index is 12.3. The molecule has 0 aliphatic rings. The molecule has 0 saturated carbocycles. The van der Waals surface area contributed by atoms with E-state index in [0.29, 0.717) is 11.9 Å². The van der Waals surface area contributed by atoms with Crippen LogP contribution in [0.4, 0.5) is 11.9 Å². The van der Waals surface area contributed by atoms with Gasteiger partial charge in [-0.1, -0.05) is 48.5 Å². The monoisotopic (exact) mass is 602 g/mol. The molecular weight excluding hydrogens is 573 g/mol. The van der Waals surface area contributed by atoms with E-state index in [2.05, 4.69) is 19.4 Å². The Kier molecular flexibility index (Phi) is 7.76. The van der Waals surface area contributed by atoms with Crippen LogP contribution in [0.1, 0.15) is 11.1 Å². The van der Waals surface area contributed by atoms with Gasteiger partial charge in [0.25, 0.3) is 20.0 Å². The fourth-order valence-electron chi connectivity index (χ4n) is 4.34. The van der Waals surface area contributed by atoms with Crippen molar-refractivity contribution < 1.29 is 16.8 Å². The number of aromatic nitrogens is 4. The molecule has 2 N–H and O–H groups in total. The summed E-state index contributed by atoms with van der Waals surface area (Å²) in [4.78, 5) is 9.11. The molecular formula is C30H30N6O4S2. The summed E-state index contributed by atoms with van der Waals surface area (Å²) in [6.07, 6.45) is 0. The Bertz CT molecular complexity index is 1950. The van der Waals surface area contributed by atoms with Gasteiger partial charge in [0, 0.05) is 14.1 Å². The second kappa shape index (κ2) is 11.3. The van der Waals surface area contributed by atoms with E-state index in [4.69, 9.17) is 0 Å². The quantitative estimate of drug-likeness (QED) is 0.264. The van der Waals surface area contributed by atoms with Gasteiger partial charge in [0.15, 0.2) is 0 Å². The summed E-state index contributed by atoms with van der Waals surface area (Å²) >= 11 is 0. The first kappa shape index (κ1) is 28.8. The first-order valence-corrected chi connectivity index (χ1v) is 15.9. The molecule has 10 nitrogen and oxygen atoms in total. The van der Waals surface area contributed by atoms with E-state index in [1.165, 1.54) is 0 Å². The van der Waals surface area contributed by atoms with Crippen LogP contribution < -0.4 is 9.44 Å². The minimum absolute atomic E-state index is 0.216. The Morgan fingerprint density at radius 1 is 0.548 bits per heavy atom. The Balaban J connectivity index is 0.000000168. The molecule has 0 radical (unpaired) electrons. The maximum Gasteiger partial charge on any atom is 0.264 e. The van der Waals surface area contributed by atoms with Gasteiger partial charge in [0.2, 0.25) is 11.9 Å². The fraction of sp³-hybridized carbons (Fsp3) is 0.133. The van der Waals surface area contributed by atoms with Crippen LogP contribution in [0, 0.1) is 13.8 Å². The molecule has 0 fully saturated rings. The molecule has 0 aliphatic carbocycles. The van der Waals surface area contributed by atoms with Crippen molar-refractivity contribution in [2.45, 2.75) is 23.6 Å². The summed E-state index contributed by atoms with van der Waals surface area (Å²) in [7, 11) is -3.68. The van der Waals surface area contributed by atoms with Gasteiger partial charge in [-0.25, -0.2) is 36.2 Å². The van der Waals surface area contributed by atoms with E-state index in [-0.39, 0.29) is 9.79 Å². The summed E-state index contributed by atoms with van der Waals surface area (Å²) in [6.45, 7) is 3.97. The second-order valence-corrected chi connectivity index (χ2v) is 13.2. The zero-order chi connectivity index (χ0) is 30.1. The zero-order valence-corrected chi connectivity index (χ0v) is 25.1. The molecule has 0 spiro atoms. The highest BCUT2D eigenvalue weighted by atomic mass is 32.2. The van der Waals surface area contributed by atoms with Gasteiger partial charge < -0.3 is 9.13 Å². The van der Waals surface area contributed by atoms with Gasteiger partial charge >= 0.3 is 0 Å². The van der Waals surface area contributed by atoms with Crippen LogP contribution in [0.3, 0.4) is 0 Å². The molecule has 0 atom stereocenters. The van der Waals surface area contributed by atoms with Crippen LogP contribution in [0.5, 0.6) is 0 Å². The number of benzene rings is 4. The van der Waals surface area contributed by atoms with Crippen LogP contribution in [0.2, 0.25) is 0 Å². The first-order valence-electron chi connectivity index (χ1n) is 13.0. The number of fused-ring (bicyclic) bond motifs is 2. The molecule has 0 bridgehead atoms. The van der Waals surface area contributed by atoms with Crippen molar-refractivity contribution in [1.29, 1.82) is 0 Å². The standard InChI is InChI=1S/2C15H15N3O2S/c2*1-11-8-9-13-14(10-11)18(2)15(16-13)17-21(19,20)12-6-4-3-5-7-12/h2*3-10H,1-2H3,(H,16,17). The van der Waals surface area contributed by atoms with Crippen molar-refractivity contribution in [3.63, 3.8) is 0 Å². The average Bonchev–Trinajstić information content (AvgIpc) is 3.44. The summed E-state index contributed by atoms with van der Waals surface area (Å²) in [5.41, 5.74) is 5.50. The van der Waals surface area contributed by atoms with Crippen LogP contribution in [-0.4, -0.2) is 35.9 Å². The lowest BCUT2D eigenvalue weighted by Crippen LogP contribution is -2.15. The van der Waals surface area contributed by atoms with Gasteiger partial charge in [0.1, 0.15) is 0 Å². The van der Waals surface area contributed by atoms with Crippen molar-refractivity contribution in [1.82, 2.24) is 19.1 Å². The third-order valence-electron chi connectivity index (χ3n) is 6.63. The lowest BCUT2D eigenvalue weighted by atomic mass is 10.2. The molecule has 2 aromatic heterocycles. The van der Waals surface area contributed by atoms with Gasteiger partial charge in [-0.3, -0.25) is 0 Å². The van der Waals surface area contributed by atoms with E-state index in [1.807, 2.05) is 50.2 Å². The number of nitrogens with one attached hydrogen (secondary N) is 2. The van der Waals surface area contributed by atoms with E-state index in [1.54, 1.807) is 83.9 Å². The number of sulfonamides is 2. The van der Waals surface area contributed by atoms with E-state index >= 15 is 0 Å². The zero-order valence-electron chi connectivity index (χ0n) is 23.5. The first-order chi connectivity index (χ1) is 19.9. The lowest BCUT2D eigenvalue weighted by Gasteiger charge is -2.07. The number of hydrogen-bond acceptors (Lipinski definition) is 6. The Morgan fingerprint density at radius 2 is 0.905 bits per heavy atom. The highest BCUT2D eigenvalue weighted by Crippen LogP contribution is 2.23. The molecule has 2 heterocycles. The Hall–Kier alpha value is -4.68. The molecule has 4 aromatic carbocycles. The summed E-state index contributed by atoms with van der Waals surface area (Å²) in [5, 5.41) is 0. The molecule has 42 heavy (non-hydrogen) atoms. The van der Waals surface area contributed by atoms with E-state index in [9.17, 15) is 16.8 Å². The Morgan fingerprint density at radius 3 is 1.26 bits per heavy atom. The van der Waals surface area contributed by atoms with Crippen molar-refractivity contribution in [3.8, 4) is 0 Å². The minimum Gasteiger partial charge on any atom is -0.313 e. The SMILES string of the molecule is Cc1ccc2nc(NS(=O)(=O)c3ccccc3)n(C)c2c1.Cc1ccc2nc(NS(=O)(=O)c3ccccc3)n(C)c2c1. The molecule has 6 rings (SSSR count). The Labute approximate surface area is 244 Å². The maximum absolute atomic E-state index is 12.3. The number of nitrogens with zero attached hydrogens (tertiary/aromatic N) is 4. The predicted molar refractivity (Wildman–Crippen MR) is 165 cm³/mol. The van der Waals surface area contributed by atoms with Crippen molar-refractivity contribution >= 4 is 54.0 Å². The third-order valence-corrected chi connectivity index (χ3v) is 9.32. The largest absolute Gasteiger partial charge is 0.313 e. The molecule has 0 aliphatic heterocycles. The van der Waals surface area contributed by atoms with Crippen molar-refractivity contribution in [2.24, 2.45) is 14.1 Å². The third kappa shape index (κ3) is 5.99. The molecule has 6 aromatic rings. The summed E-state index contributed by atoms with van der Waals surface area (Å²) in [5.74, 6) is 0.610. The number of imidazole rings is 2. The molecule has 0 unspecified atom stereocenters. The lowest BCUT2D eigenvalue weighted by molar-refractivity contribution is 0.598. The normalized spacial score (nSPS) is 11.7. The van der Waals surface area contributed by atoms with E-state index in [0.717, 1.165) is 33.2 Å². The van der Waals surface area contributed by atoms with E-state index < -0.39 is 20.0 Å². The topological polar surface area (TPSA) is 128 Å². The van der Waals surface area contributed by atoms with Crippen LogP contribution in [0.15, 0.2) is 107 Å². The van der Waals surface area contributed by atoms with Gasteiger partial charge in [0.05, 0.1) is 31.9 Å². The molecule has 0 amide bonds. The molecule has 0 saturated heterocycles. The van der Waals surface area contributed by atoms with Gasteiger partial charge in [-0.05, 0) is 73.5 Å². The van der Waals surface area contributed by atoms with Gasteiger partial charge in [-0.2, -0.15) is 0 Å². The number of rotatable bonds is 6. The number of aryl methyl sites for hydroxylation is 4. The smallest absolute Gasteiger partial charge is 0.264 e. The molecule has 216 valence electrons. The summed E-state index contributed by atoms with van der Waals surface area (Å²) < 4.78 is 57.9.